The quantitative estimate of drug-likeness (QED) is 0.0261. The van der Waals surface area contributed by atoms with Crippen LogP contribution >= 0.6 is 0 Å². The fourth-order valence-corrected chi connectivity index (χ4v) is 9.24. The predicted molar refractivity (Wildman–Crippen MR) is 325 cm³/mol. The largest absolute Gasteiger partial charge is 0.462 e. The Morgan fingerprint density at radius 2 is 0.480 bits per heavy atom. The molecular weight excluding hydrogens is 925 g/mol. The summed E-state index contributed by atoms with van der Waals surface area (Å²) in [6.45, 7) is 6.63. The summed E-state index contributed by atoms with van der Waals surface area (Å²) in [6, 6.07) is 0. The van der Waals surface area contributed by atoms with Gasteiger partial charge in [0.1, 0.15) is 13.2 Å². The zero-order chi connectivity index (χ0) is 54.3. The van der Waals surface area contributed by atoms with Gasteiger partial charge in [0.2, 0.25) is 0 Å². The van der Waals surface area contributed by atoms with Gasteiger partial charge in [0, 0.05) is 19.3 Å². The monoisotopic (exact) mass is 1050 g/mol. The van der Waals surface area contributed by atoms with E-state index in [1.165, 1.54) is 199 Å². The molecule has 0 aromatic rings. The molecule has 75 heavy (non-hydrogen) atoms. The second-order valence-corrected chi connectivity index (χ2v) is 21.7. The molecule has 1 unspecified atom stereocenters. The van der Waals surface area contributed by atoms with Gasteiger partial charge in [-0.15, -0.1) is 0 Å². The summed E-state index contributed by atoms with van der Waals surface area (Å²) in [4.78, 5) is 38.3. The van der Waals surface area contributed by atoms with Gasteiger partial charge in [0.15, 0.2) is 6.10 Å². The number of carbonyl (C=O) groups excluding carboxylic acids is 3. The Balaban J connectivity index is 4.40. The molecule has 0 radical (unpaired) electrons. The lowest BCUT2D eigenvalue weighted by Gasteiger charge is -2.18. The highest BCUT2D eigenvalue weighted by atomic mass is 16.6. The molecule has 1 atom stereocenters. The Bertz CT molecular complexity index is 1390. The maximum absolute atomic E-state index is 12.9. The highest BCUT2D eigenvalue weighted by Gasteiger charge is 2.19. The zero-order valence-corrected chi connectivity index (χ0v) is 49.8. The van der Waals surface area contributed by atoms with Crippen molar-refractivity contribution in [1.29, 1.82) is 0 Å². The molecule has 6 nitrogen and oxygen atoms in total. The van der Waals surface area contributed by atoms with Crippen LogP contribution in [0.5, 0.6) is 0 Å². The average molecular weight is 1050 g/mol. The van der Waals surface area contributed by atoms with Crippen LogP contribution in [0.1, 0.15) is 329 Å². The van der Waals surface area contributed by atoms with E-state index in [2.05, 4.69) is 93.7 Å². The van der Waals surface area contributed by atoms with E-state index < -0.39 is 6.10 Å². The summed E-state index contributed by atoms with van der Waals surface area (Å²) >= 11 is 0. The Labute approximate surface area is 465 Å². The Hall–Kier alpha value is -3.15. The van der Waals surface area contributed by atoms with Crippen molar-refractivity contribution >= 4 is 17.9 Å². The SMILES string of the molecule is CCCCCCC/C=C\C/C=C\C/C=C\CCCCCCCCC(=O)OCC(COC(=O)CCCCCCC/C=C\CCCCCCCC)OC(=O)CCCCCCCCCCC/C=C\C/C=C\CCCCCCC. The van der Waals surface area contributed by atoms with Crippen LogP contribution < -0.4 is 0 Å². The molecule has 0 rings (SSSR count). The van der Waals surface area contributed by atoms with E-state index in [4.69, 9.17) is 14.2 Å². The summed E-state index contributed by atoms with van der Waals surface area (Å²) in [5.74, 6) is -0.895. The van der Waals surface area contributed by atoms with Crippen LogP contribution in [0.3, 0.4) is 0 Å². The van der Waals surface area contributed by atoms with Gasteiger partial charge in [-0.2, -0.15) is 0 Å². The lowest BCUT2D eigenvalue weighted by atomic mass is 10.1. The molecule has 0 saturated carbocycles. The highest BCUT2D eigenvalue weighted by Crippen LogP contribution is 2.16. The molecule has 0 heterocycles. The Morgan fingerprint density at radius 1 is 0.267 bits per heavy atom. The number of hydrogen-bond acceptors (Lipinski definition) is 6. The molecule has 0 N–H and O–H groups in total. The van der Waals surface area contributed by atoms with Crippen LogP contribution in [0, 0.1) is 0 Å². The summed E-state index contributed by atoms with van der Waals surface area (Å²) in [5, 5.41) is 0. The van der Waals surface area contributed by atoms with E-state index in [0.29, 0.717) is 19.3 Å². The highest BCUT2D eigenvalue weighted by molar-refractivity contribution is 5.71. The number of rotatable bonds is 59. The van der Waals surface area contributed by atoms with E-state index in [1.807, 2.05) is 0 Å². The predicted octanol–water partition coefficient (Wildman–Crippen LogP) is 22.1. The van der Waals surface area contributed by atoms with Gasteiger partial charge < -0.3 is 14.2 Å². The average Bonchev–Trinajstić information content (AvgIpc) is 3.41. The minimum Gasteiger partial charge on any atom is -0.462 e. The molecule has 0 fully saturated rings. The first-order valence-electron chi connectivity index (χ1n) is 32.4. The first-order chi connectivity index (χ1) is 37.0. The van der Waals surface area contributed by atoms with Crippen LogP contribution in [-0.4, -0.2) is 37.2 Å². The van der Waals surface area contributed by atoms with Gasteiger partial charge in [-0.05, 0) is 116 Å². The van der Waals surface area contributed by atoms with E-state index in [1.54, 1.807) is 0 Å². The van der Waals surface area contributed by atoms with Crippen molar-refractivity contribution in [2.75, 3.05) is 13.2 Å². The molecule has 0 saturated heterocycles. The van der Waals surface area contributed by atoms with Crippen LogP contribution in [0.25, 0.3) is 0 Å². The second kappa shape index (κ2) is 63.4. The van der Waals surface area contributed by atoms with E-state index in [-0.39, 0.29) is 31.1 Å². The smallest absolute Gasteiger partial charge is 0.306 e. The molecule has 0 bridgehead atoms. The molecular formula is C69H122O6. The maximum Gasteiger partial charge on any atom is 0.306 e. The maximum atomic E-state index is 12.9. The minimum atomic E-state index is -0.788. The summed E-state index contributed by atoms with van der Waals surface area (Å²) < 4.78 is 16.9. The fraction of sp³-hybridized carbons (Fsp3) is 0.783. The van der Waals surface area contributed by atoms with Crippen molar-refractivity contribution in [3.05, 3.63) is 72.9 Å². The summed E-state index contributed by atoms with van der Waals surface area (Å²) in [7, 11) is 0. The van der Waals surface area contributed by atoms with E-state index >= 15 is 0 Å². The van der Waals surface area contributed by atoms with Gasteiger partial charge in [-0.3, -0.25) is 14.4 Å². The van der Waals surface area contributed by atoms with Crippen molar-refractivity contribution < 1.29 is 28.6 Å². The third-order valence-electron chi connectivity index (χ3n) is 14.2. The summed E-state index contributed by atoms with van der Waals surface area (Å²) in [6.07, 6.45) is 81.8. The second-order valence-electron chi connectivity index (χ2n) is 21.7. The van der Waals surface area contributed by atoms with Gasteiger partial charge in [0.25, 0.3) is 0 Å². The van der Waals surface area contributed by atoms with Crippen LogP contribution in [0.15, 0.2) is 72.9 Å². The van der Waals surface area contributed by atoms with Crippen LogP contribution in [-0.2, 0) is 28.6 Å². The molecule has 0 aliphatic heterocycles. The summed E-state index contributed by atoms with van der Waals surface area (Å²) in [5.41, 5.74) is 0. The molecule has 0 aromatic carbocycles. The third kappa shape index (κ3) is 61.6. The minimum absolute atomic E-state index is 0.0846. The first-order valence-corrected chi connectivity index (χ1v) is 32.4. The van der Waals surface area contributed by atoms with Gasteiger partial charge in [-0.1, -0.05) is 267 Å². The lowest BCUT2D eigenvalue weighted by molar-refractivity contribution is -0.167. The van der Waals surface area contributed by atoms with E-state index in [0.717, 1.165) is 89.9 Å². The van der Waals surface area contributed by atoms with Crippen molar-refractivity contribution in [3.8, 4) is 0 Å². The van der Waals surface area contributed by atoms with Gasteiger partial charge in [0.05, 0.1) is 0 Å². The Kier molecular flexibility index (Phi) is 60.7. The van der Waals surface area contributed by atoms with Gasteiger partial charge in [-0.25, -0.2) is 0 Å². The Morgan fingerprint density at radius 3 is 0.760 bits per heavy atom. The van der Waals surface area contributed by atoms with Crippen LogP contribution in [0.2, 0.25) is 0 Å². The topological polar surface area (TPSA) is 78.9 Å². The molecule has 434 valence electrons. The van der Waals surface area contributed by atoms with Crippen molar-refractivity contribution in [3.63, 3.8) is 0 Å². The normalized spacial score (nSPS) is 12.5. The molecule has 0 amide bonds. The number of allylic oxidation sites excluding steroid dienone is 12. The number of esters is 3. The molecule has 0 aromatic heterocycles. The number of ether oxygens (including phenoxy) is 3. The third-order valence-corrected chi connectivity index (χ3v) is 14.2. The lowest BCUT2D eigenvalue weighted by Crippen LogP contribution is -2.30. The van der Waals surface area contributed by atoms with Crippen molar-refractivity contribution in [2.24, 2.45) is 0 Å². The van der Waals surface area contributed by atoms with Crippen LogP contribution in [0.4, 0.5) is 0 Å². The molecule has 6 heteroatoms. The van der Waals surface area contributed by atoms with Crippen molar-refractivity contribution in [2.45, 2.75) is 335 Å². The van der Waals surface area contributed by atoms with E-state index in [9.17, 15) is 14.4 Å². The number of hydrogen-bond donors (Lipinski definition) is 0. The fourth-order valence-electron chi connectivity index (χ4n) is 9.24. The molecule has 0 spiro atoms. The zero-order valence-electron chi connectivity index (χ0n) is 49.8. The van der Waals surface area contributed by atoms with Crippen molar-refractivity contribution in [1.82, 2.24) is 0 Å². The number of carbonyl (C=O) groups is 3. The standard InChI is InChI=1S/C69H122O6/c1-4-7-10-13-16-19-22-25-28-30-32-34-36-38-41-44-47-50-53-56-59-62-68(71)74-65-66(64-73-67(70)61-58-55-52-49-46-43-40-27-24-21-18-15-12-9-6-3)75-69(72)63-60-57-54-51-48-45-42-39-37-35-33-31-29-26-23-20-17-14-11-8-5-2/h22-23,25-27,30-33,36,38,40,66H,4-21,24,28-29,34-35,37,39,41-65H2,1-3H3/b25-22-,26-23-,32-30-,33-31-,38-36-,40-27-. The molecule has 0 aliphatic carbocycles. The molecule has 0 aliphatic rings. The van der Waals surface area contributed by atoms with Gasteiger partial charge >= 0.3 is 17.9 Å². The first kappa shape index (κ1) is 71.8. The number of unbranched alkanes of at least 4 members (excludes halogenated alkanes) is 36.